The lowest BCUT2D eigenvalue weighted by Gasteiger charge is -2.15. The molecule has 2 rings (SSSR count). The lowest BCUT2D eigenvalue weighted by molar-refractivity contribution is 0.814. The molecule has 0 unspecified atom stereocenters. The highest BCUT2D eigenvalue weighted by Gasteiger charge is 2.11. The largest absolute Gasteiger partial charge is 0.347 e. The zero-order valence-corrected chi connectivity index (χ0v) is 10.4. The van der Waals surface area contributed by atoms with E-state index in [9.17, 15) is 4.79 Å². The minimum absolute atomic E-state index is 0.202. The van der Waals surface area contributed by atoms with Gasteiger partial charge in [0.15, 0.2) is 0 Å². The van der Waals surface area contributed by atoms with E-state index in [0.717, 1.165) is 23.9 Å². The van der Waals surface area contributed by atoms with Gasteiger partial charge < -0.3 is 4.90 Å². The first kappa shape index (κ1) is 11.1. The third-order valence-corrected chi connectivity index (χ3v) is 3.42. The number of fused-ring (bicyclic) bond motifs is 1. The number of hydrogen-bond donors (Lipinski definition) is 0. The van der Waals surface area contributed by atoms with Gasteiger partial charge in [-0.05, 0) is 20.8 Å². The highest BCUT2D eigenvalue weighted by atomic mass is 32.1. The molecule has 16 heavy (non-hydrogen) atoms. The van der Waals surface area contributed by atoms with Crippen molar-refractivity contribution in [2.24, 2.45) is 0 Å². The number of hydrogen-bond acceptors (Lipinski definition) is 5. The van der Waals surface area contributed by atoms with Gasteiger partial charge in [-0.15, -0.1) is 5.10 Å². The van der Waals surface area contributed by atoms with Crippen molar-refractivity contribution in [3.8, 4) is 0 Å². The predicted octanol–water partition coefficient (Wildman–Crippen LogP) is 1.31. The van der Waals surface area contributed by atoms with Gasteiger partial charge in [-0.2, -0.15) is 4.98 Å². The Kier molecular flexibility index (Phi) is 2.91. The molecule has 0 bridgehead atoms. The summed E-state index contributed by atoms with van der Waals surface area (Å²) in [7, 11) is 0. The van der Waals surface area contributed by atoms with Gasteiger partial charge in [0.05, 0.1) is 0 Å². The van der Waals surface area contributed by atoms with Crippen molar-refractivity contribution >= 4 is 21.4 Å². The summed E-state index contributed by atoms with van der Waals surface area (Å²) >= 11 is 1.45. The molecule has 0 saturated heterocycles. The molecule has 0 radical (unpaired) electrons. The molecule has 5 nitrogen and oxygen atoms in total. The Morgan fingerprint density at radius 1 is 1.44 bits per heavy atom. The first-order valence-electron chi connectivity index (χ1n) is 5.28. The molecule has 0 atom stereocenters. The van der Waals surface area contributed by atoms with Crippen molar-refractivity contribution in [1.82, 2.24) is 14.6 Å². The summed E-state index contributed by atoms with van der Waals surface area (Å²) in [4.78, 5) is 18.0. The minimum Gasteiger partial charge on any atom is -0.347 e. The highest BCUT2D eigenvalue weighted by Crippen LogP contribution is 2.21. The summed E-state index contributed by atoms with van der Waals surface area (Å²) in [5.74, 6) is 0. The Morgan fingerprint density at radius 3 is 2.75 bits per heavy atom. The predicted molar refractivity (Wildman–Crippen MR) is 65.4 cm³/mol. The van der Waals surface area contributed by atoms with E-state index in [1.807, 2.05) is 6.92 Å². The Morgan fingerprint density at radius 2 is 2.12 bits per heavy atom. The van der Waals surface area contributed by atoms with Crippen molar-refractivity contribution in [2.45, 2.75) is 20.8 Å². The molecule has 0 N–H and O–H groups in total. The summed E-state index contributed by atoms with van der Waals surface area (Å²) in [5, 5.41) is 5.36. The number of anilines is 1. The topological polar surface area (TPSA) is 50.5 Å². The molecular weight excluding hydrogens is 224 g/mol. The molecule has 2 aromatic rings. The summed E-state index contributed by atoms with van der Waals surface area (Å²) in [5.41, 5.74) is 0.622. The van der Waals surface area contributed by atoms with Gasteiger partial charge in [0.2, 0.25) is 10.1 Å². The second kappa shape index (κ2) is 4.21. The van der Waals surface area contributed by atoms with Crippen LogP contribution in [0.3, 0.4) is 0 Å². The van der Waals surface area contributed by atoms with Crippen LogP contribution in [0.2, 0.25) is 0 Å². The molecule has 0 aliphatic rings. The van der Waals surface area contributed by atoms with Crippen LogP contribution in [0.1, 0.15) is 19.5 Å². The Balaban J connectivity index is 2.59. The molecule has 0 aromatic carbocycles. The maximum Gasteiger partial charge on any atom is 0.274 e. The molecule has 2 aromatic heterocycles. The molecule has 0 saturated carbocycles. The van der Waals surface area contributed by atoms with Gasteiger partial charge >= 0.3 is 0 Å². The maximum atomic E-state index is 11.3. The average molecular weight is 238 g/mol. The zero-order valence-electron chi connectivity index (χ0n) is 9.60. The second-order valence-corrected chi connectivity index (χ2v) is 4.42. The van der Waals surface area contributed by atoms with Crippen LogP contribution < -0.4 is 10.5 Å². The summed E-state index contributed by atoms with van der Waals surface area (Å²) in [6.45, 7) is 7.83. The Labute approximate surface area is 97.4 Å². The molecule has 2 heterocycles. The lowest BCUT2D eigenvalue weighted by Crippen LogP contribution is -2.21. The second-order valence-electron chi connectivity index (χ2n) is 3.49. The van der Waals surface area contributed by atoms with E-state index in [2.05, 4.69) is 28.8 Å². The fourth-order valence-corrected chi connectivity index (χ4v) is 2.64. The normalized spacial score (nSPS) is 10.9. The van der Waals surface area contributed by atoms with Crippen LogP contribution >= 0.6 is 11.3 Å². The quantitative estimate of drug-likeness (QED) is 0.809. The van der Waals surface area contributed by atoms with Crippen molar-refractivity contribution in [3.63, 3.8) is 0 Å². The van der Waals surface area contributed by atoms with E-state index in [-0.39, 0.29) is 5.56 Å². The van der Waals surface area contributed by atoms with Gasteiger partial charge in [0, 0.05) is 24.8 Å². The smallest absolute Gasteiger partial charge is 0.274 e. The Bertz CT molecular complexity index is 555. The fraction of sp³-hybridized carbons (Fsp3) is 0.500. The van der Waals surface area contributed by atoms with Crippen molar-refractivity contribution in [3.05, 3.63) is 22.1 Å². The van der Waals surface area contributed by atoms with Gasteiger partial charge in [0.25, 0.3) is 5.56 Å². The maximum absolute atomic E-state index is 11.3. The summed E-state index contributed by atoms with van der Waals surface area (Å²) in [6, 6.07) is 1.50. The van der Waals surface area contributed by atoms with E-state index in [1.165, 1.54) is 17.4 Å². The van der Waals surface area contributed by atoms with Crippen LogP contribution in [0.25, 0.3) is 4.96 Å². The number of rotatable bonds is 3. The van der Waals surface area contributed by atoms with Gasteiger partial charge in [0.1, 0.15) is 0 Å². The third-order valence-electron chi connectivity index (χ3n) is 2.46. The van der Waals surface area contributed by atoms with Crippen LogP contribution in [0.5, 0.6) is 0 Å². The molecule has 0 amide bonds. The van der Waals surface area contributed by atoms with Crippen molar-refractivity contribution < 1.29 is 0 Å². The van der Waals surface area contributed by atoms with Gasteiger partial charge in [-0.3, -0.25) is 4.79 Å². The van der Waals surface area contributed by atoms with Crippen LogP contribution in [0.4, 0.5) is 5.13 Å². The Hall–Kier alpha value is -1.43. The van der Waals surface area contributed by atoms with E-state index in [4.69, 9.17) is 0 Å². The van der Waals surface area contributed by atoms with Gasteiger partial charge in [-0.1, -0.05) is 11.3 Å². The van der Waals surface area contributed by atoms with Crippen molar-refractivity contribution in [2.75, 3.05) is 18.0 Å². The monoisotopic (exact) mass is 238 g/mol. The van der Waals surface area contributed by atoms with Crippen LogP contribution in [0.15, 0.2) is 10.9 Å². The number of aryl methyl sites for hydroxylation is 1. The standard InChI is InChI=1S/C10H14N4OS/c1-4-13(5-2)10-12-14-7(3)6-8(15)11-9(14)16-10/h6H,4-5H2,1-3H3. The van der Waals surface area contributed by atoms with E-state index in [0.29, 0.717) is 4.96 Å². The molecule has 86 valence electrons. The van der Waals surface area contributed by atoms with Gasteiger partial charge in [-0.25, -0.2) is 4.52 Å². The van der Waals surface area contributed by atoms with E-state index >= 15 is 0 Å². The van der Waals surface area contributed by atoms with Crippen LogP contribution in [-0.2, 0) is 0 Å². The highest BCUT2D eigenvalue weighted by molar-refractivity contribution is 7.20. The van der Waals surface area contributed by atoms with Crippen LogP contribution in [-0.4, -0.2) is 27.7 Å². The fourth-order valence-electron chi connectivity index (χ4n) is 1.56. The summed E-state index contributed by atoms with van der Waals surface area (Å²) in [6.07, 6.45) is 0. The average Bonchev–Trinajstić information content (AvgIpc) is 2.63. The first-order chi connectivity index (χ1) is 7.65. The molecule has 0 aliphatic carbocycles. The van der Waals surface area contributed by atoms with Crippen LogP contribution in [0, 0.1) is 6.92 Å². The SMILES string of the molecule is CCN(CC)c1nn2c(C)cc(=O)nc2s1. The lowest BCUT2D eigenvalue weighted by atomic mass is 10.5. The van der Waals surface area contributed by atoms with E-state index in [1.54, 1.807) is 4.52 Å². The number of nitrogens with zero attached hydrogens (tertiary/aromatic N) is 4. The molecule has 6 heteroatoms. The molecular formula is C10H14N4OS. The minimum atomic E-state index is -0.202. The molecule has 0 aliphatic heterocycles. The molecule has 0 fully saturated rings. The summed E-state index contributed by atoms with van der Waals surface area (Å²) < 4.78 is 1.72. The van der Waals surface area contributed by atoms with Crippen molar-refractivity contribution in [1.29, 1.82) is 0 Å². The third kappa shape index (κ3) is 1.80. The zero-order chi connectivity index (χ0) is 11.7. The number of aromatic nitrogens is 3. The molecule has 0 spiro atoms. The van der Waals surface area contributed by atoms with E-state index < -0.39 is 0 Å². The first-order valence-corrected chi connectivity index (χ1v) is 6.09.